The Balaban J connectivity index is 3.72. The Bertz CT molecular complexity index is 87.7. The van der Waals surface area contributed by atoms with Gasteiger partial charge in [0.25, 0.3) is 5.88 Å². The smallest absolute Gasteiger partial charge is 0.256 e. The fourth-order valence-electron chi connectivity index (χ4n) is 0.0395. The van der Waals surface area contributed by atoms with Crippen LogP contribution in [0.5, 0.6) is 0 Å². The van der Waals surface area contributed by atoms with Crippen molar-refractivity contribution in [3.63, 3.8) is 0 Å². The maximum absolute atomic E-state index is 8.22. The zero-order valence-electron chi connectivity index (χ0n) is 3.39. The predicted molar refractivity (Wildman–Crippen MR) is 33.1 cm³/mol. The fraction of sp³-hybridized carbons (Fsp3) is 0. The van der Waals surface area contributed by atoms with Gasteiger partial charge in [-0.05, 0) is 0 Å². The molecule has 0 unspecified atom stereocenters. The summed E-state index contributed by atoms with van der Waals surface area (Å²) in [4.78, 5) is 0. The van der Waals surface area contributed by atoms with Crippen LogP contribution in [-0.2, 0) is 3.07 Å². The number of hydrogen-bond donors (Lipinski definition) is 3. The summed E-state index contributed by atoms with van der Waals surface area (Å²) in [6.45, 7) is 0. The summed E-state index contributed by atoms with van der Waals surface area (Å²) in [6.07, 6.45) is 0. The molecule has 0 aliphatic rings. The lowest BCUT2D eigenvalue weighted by atomic mass is 10.8. The standard InChI is InChI=1S/C2H5IN2O2/c3-7-2(5)1(4)6/h6H,4-5H2/b2-1-. The molecule has 5 N–H and O–H groups in total. The largest absolute Gasteiger partial charge is 0.491 e. The molecular formula is C2H5IN2O2. The molecule has 0 aliphatic heterocycles. The molecule has 0 radical (unpaired) electrons. The van der Waals surface area contributed by atoms with E-state index >= 15 is 0 Å². The quantitative estimate of drug-likeness (QED) is 0.424. The SMILES string of the molecule is N/C(O)=C(\N)OI. The number of nitrogens with two attached hydrogens (primary N) is 2. The van der Waals surface area contributed by atoms with Crippen LogP contribution < -0.4 is 11.5 Å². The Morgan fingerprint density at radius 2 is 2.00 bits per heavy atom. The minimum atomic E-state index is -0.491. The molecule has 0 aromatic heterocycles. The van der Waals surface area contributed by atoms with Crippen molar-refractivity contribution < 1.29 is 8.17 Å². The third-order valence-electron chi connectivity index (χ3n) is 0.336. The molecule has 0 amide bonds. The van der Waals surface area contributed by atoms with Gasteiger partial charge >= 0.3 is 0 Å². The van der Waals surface area contributed by atoms with Gasteiger partial charge in [0.15, 0.2) is 23.0 Å². The summed E-state index contributed by atoms with van der Waals surface area (Å²) in [5, 5.41) is 8.22. The van der Waals surface area contributed by atoms with Crippen molar-refractivity contribution in [1.82, 2.24) is 0 Å². The minimum absolute atomic E-state index is 0.166. The van der Waals surface area contributed by atoms with Crippen LogP contribution in [0.2, 0.25) is 0 Å². The second-order valence-corrected chi connectivity index (χ2v) is 1.27. The first-order chi connectivity index (χ1) is 3.18. The first-order valence-electron chi connectivity index (χ1n) is 1.41. The highest BCUT2D eigenvalue weighted by atomic mass is 127. The molecule has 0 saturated carbocycles. The summed E-state index contributed by atoms with van der Waals surface area (Å²) in [7, 11) is 0. The fourth-order valence-corrected chi connectivity index (χ4v) is 0.265. The van der Waals surface area contributed by atoms with Gasteiger partial charge in [0.05, 0.1) is 0 Å². The van der Waals surface area contributed by atoms with Crippen molar-refractivity contribution in [2.45, 2.75) is 0 Å². The van der Waals surface area contributed by atoms with Gasteiger partial charge in [-0.15, -0.1) is 0 Å². The van der Waals surface area contributed by atoms with Crippen LogP contribution in [0.4, 0.5) is 0 Å². The van der Waals surface area contributed by atoms with Crippen LogP contribution in [0, 0.1) is 0 Å². The molecule has 0 bridgehead atoms. The van der Waals surface area contributed by atoms with Crippen molar-refractivity contribution >= 4 is 23.0 Å². The molecule has 7 heavy (non-hydrogen) atoms. The molecule has 42 valence electrons. The lowest BCUT2D eigenvalue weighted by Crippen LogP contribution is -2.08. The Morgan fingerprint density at radius 3 is 2.00 bits per heavy atom. The van der Waals surface area contributed by atoms with Crippen LogP contribution in [0.25, 0.3) is 0 Å². The van der Waals surface area contributed by atoms with Crippen LogP contribution in [0.3, 0.4) is 0 Å². The van der Waals surface area contributed by atoms with Gasteiger partial charge in [0.2, 0.25) is 5.88 Å². The van der Waals surface area contributed by atoms with E-state index in [1.807, 2.05) is 0 Å². The molecule has 0 fully saturated rings. The maximum atomic E-state index is 8.22. The number of rotatable bonds is 1. The average Bonchev–Trinajstić information content (AvgIpc) is 1.65. The summed E-state index contributed by atoms with van der Waals surface area (Å²) >= 11 is 1.51. The van der Waals surface area contributed by atoms with E-state index in [-0.39, 0.29) is 5.88 Å². The zero-order chi connectivity index (χ0) is 5.86. The van der Waals surface area contributed by atoms with Crippen LogP contribution in [-0.4, -0.2) is 5.11 Å². The molecule has 0 saturated heterocycles. The maximum Gasteiger partial charge on any atom is 0.256 e. The number of aliphatic hydroxyl groups excluding tert-OH is 1. The Morgan fingerprint density at radius 1 is 1.57 bits per heavy atom. The summed E-state index contributed by atoms with van der Waals surface area (Å²) < 4.78 is 4.26. The van der Waals surface area contributed by atoms with Gasteiger partial charge < -0.3 is 19.6 Å². The molecule has 5 heteroatoms. The molecule has 0 spiro atoms. The number of halogens is 1. The van der Waals surface area contributed by atoms with E-state index in [4.69, 9.17) is 16.6 Å². The van der Waals surface area contributed by atoms with E-state index in [0.29, 0.717) is 0 Å². The molecule has 4 nitrogen and oxygen atoms in total. The Hall–Kier alpha value is -0.330. The van der Waals surface area contributed by atoms with E-state index in [1.165, 1.54) is 23.0 Å². The highest BCUT2D eigenvalue weighted by molar-refractivity contribution is 14.1. The Kier molecular flexibility index (Phi) is 2.65. The summed E-state index contributed by atoms with van der Waals surface area (Å²) in [5.74, 6) is -0.657. The number of hydrogen-bond acceptors (Lipinski definition) is 4. The minimum Gasteiger partial charge on any atom is -0.491 e. The molecule has 0 rings (SSSR count). The summed E-state index contributed by atoms with van der Waals surface area (Å²) in [6, 6.07) is 0. The van der Waals surface area contributed by atoms with Crippen LogP contribution in [0.1, 0.15) is 0 Å². The van der Waals surface area contributed by atoms with Crippen molar-refractivity contribution in [2.24, 2.45) is 11.5 Å². The lowest BCUT2D eigenvalue weighted by Gasteiger charge is -1.93. The molecule has 0 atom stereocenters. The van der Waals surface area contributed by atoms with E-state index in [9.17, 15) is 0 Å². The van der Waals surface area contributed by atoms with Gasteiger partial charge in [-0.3, -0.25) is 0 Å². The van der Waals surface area contributed by atoms with Gasteiger partial charge in [-0.25, -0.2) is 0 Å². The van der Waals surface area contributed by atoms with Crippen LogP contribution in [0.15, 0.2) is 11.8 Å². The van der Waals surface area contributed by atoms with E-state index in [1.54, 1.807) is 0 Å². The van der Waals surface area contributed by atoms with Gasteiger partial charge in [0, 0.05) is 0 Å². The third-order valence-corrected chi connectivity index (χ3v) is 0.810. The van der Waals surface area contributed by atoms with Gasteiger partial charge in [0.1, 0.15) is 0 Å². The van der Waals surface area contributed by atoms with Crippen molar-refractivity contribution in [2.75, 3.05) is 0 Å². The zero-order valence-corrected chi connectivity index (χ0v) is 5.55. The van der Waals surface area contributed by atoms with Crippen molar-refractivity contribution in [1.29, 1.82) is 0 Å². The van der Waals surface area contributed by atoms with Crippen LogP contribution >= 0.6 is 23.0 Å². The highest BCUT2D eigenvalue weighted by Crippen LogP contribution is 1.94. The normalized spacial score (nSPS) is 12.7. The molecule has 0 aromatic carbocycles. The second kappa shape index (κ2) is 2.78. The van der Waals surface area contributed by atoms with Crippen molar-refractivity contribution in [3.8, 4) is 0 Å². The first-order valence-corrected chi connectivity index (χ1v) is 2.29. The highest BCUT2D eigenvalue weighted by Gasteiger charge is 1.91. The third kappa shape index (κ3) is 2.38. The van der Waals surface area contributed by atoms with Gasteiger partial charge in [-0.1, -0.05) is 0 Å². The van der Waals surface area contributed by atoms with E-state index in [0.717, 1.165) is 0 Å². The number of aliphatic hydroxyl groups is 1. The molecular weight excluding hydrogens is 211 g/mol. The average molecular weight is 216 g/mol. The molecule has 0 aromatic rings. The first kappa shape index (κ1) is 6.67. The predicted octanol–water partition coefficient (Wildman–Crippen LogP) is -0.0450. The Labute approximate surface area is 54.8 Å². The monoisotopic (exact) mass is 216 g/mol. The van der Waals surface area contributed by atoms with Crippen molar-refractivity contribution in [3.05, 3.63) is 11.8 Å². The van der Waals surface area contributed by atoms with E-state index < -0.39 is 5.88 Å². The summed E-state index contributed by atoms with van der Waals surface area (Å²) in [5.41, 5.74) is 9.62. The topological polar surface area (TPSA) is 81.5 Å². The van der Waals surface area contributed by atoms with E-state index in [2.05, 4.69) is 3.07 Å². The molecule has 0 heterocycles. The molecule has 0 aliphatic carbocycles. The van der Waals surface area contributed by atoms with Gasteiger partial charge in [-0.2, -0.15) is 0 Å². The lowest BCUT2D eigenvalue weighted by molar-refractivity contribution is 0.362. The second-order valence-electron chi connectivity index (χ2n) is 0.827.